The van der Waals surface area contributed by atoms with Crippen molar-refractivity contribution in [1.82, 2.24) is 15.1 Å². The second-order valence-corrected chi connectivity index (χ2v) is 17.0. The van der Waals surface area contributed by atoms with Crippen molar-refractivity contribution in [2.75, 3.05) is 18.0 Å². The quantitative estimate of drug-likeness (QED) is 0.136. The maximum Gasteiger partial charge on any atom is 0.416 e. The Morgan fingerprint density at radius 2 is 1.09 bits per heavy atom. The van der Waals surface area contributed by atoms with Gasteiger partial charge in [-0.1, -0.05) is 54.9 Å². The maximum atomic E-state index is 14.4. The van der Waals surface area contributed by atoms with E-state index in [4.69, 9.17) is 23.2 Å². The zero-order valence-electron chi connectivity index (χ0n) is 32.4. The molecule has 64 heavy (non-hydrogen) atoms. The average Bonchev–Trinajstić information content (AvgIpc) is 3.18. The standard InChI is InChI=1S/C21H17ClF4N2O3.C15H15F3N2O3.C6H3BrClF.CH4/c22-14-5-6-17(16(23)7-14)27-11-18(30)28(20(19(27)31)8-15(29)9-20)10-12-1-3-13(4-2-12)21(24,25)26;16-15(17,18)10-3-1-9(2-4-10)8-20-12(22)7-19-13(23)14(20)5-11(21)6-14;7-5-2-1-4(8)3-6(5)9;/h1-7,15,29H,8-11H2;1-4,11,21H,5-8H2,(H,19,23);1-3H;1H4. The lowest BCUT2D eigenvalue weighted by molar-refractivity contribution is -0.170. The summed E-state index contributed by atoms with van der Waals surface area (Å²) in [5, 5.41) is 22.5. The number of aliphatic hydroxyl groups excluding tert-OH is 2. The van der Waals surface area contributed by atoms with E-state index < -0.39 is 70.9 Å². The van der Waals surface area contributed by atoms with Crippen molar-refractivity contribution in [1.29, 1.82) is 0 Å². The molecule has 2 heterocycles. The van der Waals surface area contributed by atoms with E-state index in [1.54, 1.807) is 12.1 Å². The largest absolute Gasteiger partial charge is 0.416 e. The van der Waals surface area contributed by atoms with E-state index in [0.29, 0.717) is 20.6 Å². The van der Waals surface area contributed by atoms with Gasteiger partial charge in [-0.05, 0) is 87.7 Å². The number of nitrogens with one attached hydrogen (secondary N) is 1. The summed E-state index contributed by atoms with van der Waals surface area (Å²) >= 11 is 14.2. The average molecular weight is 1010 g/mol. The van der Waals surface area contributed by atoms with Gasteiger partial charge in [-0.25, -0.2) is 8.78 Å². The van der Waals surface area contributed by atoms with Crippen LogP contribution in [0.5, 0.6) is 0 Å². The molecule has 0 aromatic heterocycles. The molecule has 344 valence electrons. The van der Waals surface area contributed by atoms with Crippen LogP contribution in [0.3, 0.4) is 0 Å². The SMILES string of the molecule is C.Fc1cc(Cl)ccc1Br.O=C1CN(c2ccc(Cl)cc2F)C(=O)C2(CC(O)C2)N1Cc1ccc(C(F)(F)F)cc1.O=C1CNC(=O)C2(CC(O)C2)N1Cc1ccc(C(F)(F)F)cc1. The second-order valence-electron chi connectivity index (χ2n) is 15.3. The molecule has 4 fully saturated rings. The summed E-state index contributed by atoms with van der Waals surface area (Å²) < 4.78 is 103. The first-order valence-corrected chi connectivity index (χ1v) is 20.4. The molecule has 0 bridgehead atoms. The number of halogens is 11. The number of hydrogen-bond donors (Lipinski definition) is 3. The molecule has 2 spiro atoms. The Morgan fingerprint density at radius 3 is 1.52 bits per heavy atom. The molecule has 10 nitrogen and oxygen atoms in total. The van der Waals surface area contributed by atoms with Gasteiger partial charge in [-0.2, -0.15) is 26.3 Å². The zero-order valence-corrected chi connectivity index (χ0v) is 35.5. The van der Waals surface area contributed by atoms with Gasteiger partial charge in [0.25, 0.3) is 5.91 Å². The summed E-state index contributed by atoms with van der Waals surface area (Å²) in [6, 6.07) is 17.0. The van der Waals surface area contributed by atoms with Crippen molar-refractivity contribution in [3.05, 3.63) is 133 Å². The van der Waals surface area contributed by atoms with Gasteiger partial charge in [0, 0.05) is 48.8 Å². The fourth-order valence-corrected chi connectivity index (χ4v) is 8.29. The fraction of sp³-hybridized carbons (Fsp3) is 0.349. The predicted molar refractivity (Wildman–Crippen MR) is 223 cm³/mol. The first-order chi connectivity index (χ1) is 29.4. The number of rotatable bonds is 5. The van der Waals surface area contributed by atoms with Gasteiger partial charge in [0.2, 0.25) is 17.7 Å². The molecule has 0 atom stereocenters. The molecule has 4 aromatic carbocycles. The van der Waals surface area contributed by atoms with Gasteiger partial charge in [-0.3, -0.25) is 24.1 Å². The van der Waals surface area contributed by atoms with E-state index in [0.717, 1.165) is 35.2 Å². The highest BCUT2D eigenvalue weighted by Crippen LogP contribution is 2.45. The van der Waals surface area contributed by atoms with Gasteiger partial charge in [0.1, 0.15) is 29.3 Å². The van der Waals surface area contributed by atoms with Crippen molar-refractivity contribution in [2.24, 2.45) is 0 Å². The number of carbonyl (C=O) groups excluding carboxylic acids is 4. The first-order valence-electron chi connectivity index (χ1n) is 18.9. The molecule has 2 aliphatic heterocycles. The Labute approximate surface area is 379 Å². The van der Waals surface area contributed by atoms with Crippen molar-refractivity contribution >= 4 is 68.4 Å². The number of alkyl halides is 6. The van der Waals surface area contributed by atoms with Crippen LogP contribution in [0.15, 0.2) is 89.4 Å². The normalized spacial score (nSPS) is 23.0. The molecule has 2 saturated heterocycles. The molecule has 2 saturated carbocycles. The molecule has 4 aromatic rings. The highest BCUT2D eigenvalue weighted by atomic mass is 79.9. The summed E-state index contributed by atoms with van der Waals surface area (Å²) in [4.78, 5) is 54.2. The van der Waals surface area contributed by atoms with Crippen molar-refractivity contribution in [3.8, 4) is 0 Å². The number of hydrogen-bond acceptors (Lipinski definition) is 6. The molecule has 0 unspecified atom stereocenters. The number of piperazine rings is 2. The predicted octanol–water partition coefficient (Wildman–Crippen LogP) is 8.70. The molecule has 3 N–H and O–H groups in total. The molecule has 0 radical (unpaired) electrons. The minimum Gasteiger partial charge on any atom is -0.393 e. The van der Waals surface area contributed by atoms with Crippen molar-refractivity contribution in [3.63, 3.8) is 0 Å². The highest BCUT2D eigenvalue weighted by Gasteiger charge is 2.60. The second kappa shape index (κ2) is 19.3. The van der Waals surface area contributed by atoms with E-state index in [1.807, 2.05) is 0 Å². The van der Waals surface area contributed by atoms with Gasteiger partial charge >= 0.3 is 12.4 Å². The van der Waals surface area contributed by atoms with Crippen LogP contribution >= 0.6 is 39.1 Å². The molecule has 4 amide bonds. The first kappa shape index (κ1) is 50.2. The monoisotopic (exact) mass is 1010 g/mol. The van der Waals surface area contributed by atoms with Crippen LogP contribution in [0.4, 0.5) is 40.8 Å². The summed E-state index contributed by atoms with van der Waals surface area (Å²) in [5.41, 5.74) is -3.25. The number of anilines is 1. The van der Waals surface area contributed by atoms with E-state index in [9.17, 15) is 64.5 Å². The lowest BCUT2D eigenvalue weighted by Crippen LogP contribution is -2.73. The van der Waals surface area contributed by atoms with Crippen LogP contribution in [0.25, 0.3) is 0 Å². The third-order valence-corrected chi connectivity index (χ3v) is 12.1. The maximum absolute atomic E-state index is 14.4. The number of amides is 4. The fourth-order valence-electron chi connectivity index (χ4n) is 7.72. The van der Waals surface area contributed by atoms with Gasteiger partial charge in [0.15, 0.2) is 0 Å². The lowest BCUT2D eigenvalue weighted by atomic mass is 9.70. The van der Waals surface area contributed by atoms with E-state index in [2.05, 4.69) is 21.2 Å². The van der Waals surface area contributed by atoms with E-state index >= 15 is 0 Å². The minimum atomic E-state index is -4.49. The molecule has 2 aliphatic carbocycles. The molecular weight excluding hydrogens is 971 g/mol. The van der Waals surface area contributed by atoms with E-state index in [1.165, 1.54) is 52.3 Å². The van der Waals surface area contributed by atoms with Crippen LogP contribution in [0.2, 0.25) is 10.0 Å². The third kappa shape index (κ3) is 10.6. The van der Waals surface area contributed by atoms with Crippen LogP contribution < -0.4 is 10.2 Å². The Morgan fingerprint density at radius 1 is 0.656 bits per heavy atom. The number of aliphatic hydroxyl groups is 2. The zero-order chi connectivity index (χ0) is 46.2. The molecule has 21 heteroatoms. The molecule has 4 aliphatic rings. The summed E-state index contributed by atoms with van der Waals surface area (Å²) in [7, 11) is 0. The summed E-state index contributed by atoms with van der Waals surface area (Å²) in [5.74, 6) is -2.78. The smallest absolute Gasteiger partial charge is 0.393 e. The topological polar surface area (TPSA) is 130 Å². The number of benzene rings is 4. The highest BCUT2D eigenvalue weighted by molar-refractivity contribution is 9.10. The Hall–Kier alpha value is -4.82. The molecular formula is C43H39BrCl2F8N4O6. The third-order valence-electron chi connectivity index (χ3n) is 11.0. The van der Waals surface area contributed by atoms with Crippen molar-refractivity contribution in [2.45, 2.75) is 81.8 Å². The van der Waals surface area contributed by atoms with Gasteiger partial charge in [-0.15, -0.1) is 0 Å². The number of nitrogens with zero attached hydrogens (tertiary/aromatic N) is 3. The summed E-state index contributed by atoms with van der Waals surface area (Å²) in [6.45, 7) is -0.642. The number of carbonyl (C=O) groups is 4. The lowest BCUT2D eigenvalue weighted by Gasteiger charge is -2.55. The minimum absolute atomic E-state index is 0. The van der Waals surface area contributed by atoms with Gasteiger partial charge < -0.3 is 25.3 Å². The van der Waals surface area contributed by atoms with Gasteiger partial charge in [0.05, 0.1) is 40.0 Å². The molecule has 8 rings (SSSR count). The van der Waals surface area contributed by atoms with E-state index in [-0.39, 0.29) is 81.1 Å². The Bertz CT molecular complexity index is 2380. The van der Waals surface area contributed by atoms with Crippen LogP contribution in [-0.2, 0) is 44.6 Å². The van der Waals surface area contributed by atoms with Crippen LogP contribution in [0.1, 0.15) is 55.4 Å². The summed E-state index contributed by atoms with van der Waals surface area (Å²) in [6.07, 6.45) is -10.2. The Kier molecular flexibility index (Phi) is 15.2. The van der Waals surface area contributed by atoms with Crippen LogP contribution in [0, 0.1) is 11.6 Å². The van der Waals surface area contributed by atoms with Crippen molar-refractivity contribution < 1.29 is 64.5 Å². The van der Waals surface area contributed by atoms with Crippen LogP contribution in [-0.4, -0.2) is 80.0 Å². The Balaban J connectivity index is 0.000000204.